The zero-order valence-corrected chi connectivity index (χ0v) is 17.9. The molecule has 3 aromatic carbocycles. The highest BCUT2D eigenvalue weighted by Gasteiger charge is 2.20. The Morgan fingerprint density at radius 1 is 1.03 bits per heavy atom. The normalized spacial score (nSPS) is 11.2. The molecule has 1 amide bonds. The van der Waals surface area contributed by atoms with Gasteiger partial charge in [-0.25, -0.2) is 13.2 Å². The summed E-state index contributed by atoms with van der Waals surface area (Å²) in [5.41, 5.74) is 1.62. The molecule has 0 saturated carbocycles. The number of anilines is 1. The van der Waals surface area contributed by atoms with Crippen LogP contribution in [0.2, 0.25) is 0 Å². The first kappa shape index (κ1) is 21.7. The lowest BCUT2D eigenvalue weighted by atomic mass is 10.0. The Hall–Kier alpha value is -4.49. The first-order chi connectivity index (χ1) is 15.7. The van der Waals surface area contributed by atoms with Gasteiger partial charge < -0.3 is 14.9 Å². The van der Waals surface area contributed by atoms with Gasteiger partial charge in [0.2, 0.25) is 0 Å². The molecular weight excluding hydrogens is 446 g/mol. The molecular formula is C23H15N3O6S. The summed E-state index contributed by atoms with van der Waals surface area (Å²) in [6.07, 6.45) is 1.12. The van der Waals surface area contributed by atoms with E-state index in [4.69, 9.17) is 9.78 Å². The number of carboxylic acid groups (broad SMARTS) is 1. The van der Waals surface area contributed by atoms with Gasteiger partial charge in [-0.2, -0.15) is 5.26 Å². The fourth-order valence-corrected chi connectivity index (χ4v) is 3.89. The van der Waals surface area contributed by atoms with E-state index in [-0.39, 0.29) is 27.4 Å². The maximum absolute atomic E-state index is 12.9. The molecule has 10 heteroatoms. The number of benzene rings is 3. The van der Waals surface area contributed by atoms with E-state index in [1.807, 2.05) is 6.07 Å². The summed E-state index contributed by atoms with van der Waals surface area (Å²) in [5, 5.41) is 25.1. The maximum atomic E-state index is 12.9. The topological polar surface area (TPSA) is 150 Å². The number of rotatable bonds is 5. The highest BCUT2D eigenvalue weighted by Crippen LogP contribution is 2.28. The van der Waals surface area contributed by atoms with Gasteiger partial charge in [0.1, 0.15) is 0 Å². The van der Waals surface area contributed by atoms with Crippen molar-refractivity contribution in [1.29, 1.82) is 5.26 Å². The number of aromatic carboxylic acids is 1. The van der Waals surface area contributed by atoms with E-state index < -0.39 is 21.7 Å². The maximum Gasteiger partial charge on any atom is 0.337 e. The highest BCUT2D eigenvalue weighted by atomic mass is 32.2. The van der Waals surface area contributed by atoms with Gasteiger partial charge >= 0.3 is 5.97 Å². The molecule has 0 radical (unpaired) electrons. The summed E-state index contributed by atoms with van der Waals surface area (Å²) in [4.78, 5) is 24.6. The molecule has 4 rings (SSSR count). The number of hydrogen-bond donors (Lipinski definition) is 2. The average molecular weight is 461 g/mol. The number of carboxylic acids is 1. The molecule has 0 spiro atoms. The Morgan fingerprint density at radius 3 is 2.36 bits per heavy atom. The Labute approximate surface area is 187 Å². The van der Waals surface area contributed by atoms with Crippen molar-refractivity contribution in [3.05, 3.63) is 77.5 Å². The van der Waals surface area contributed by atoms with Crippen molar-refractivity contribution in [1.82, 2.24) is 5.16 Å². The first-order valence-electron chi connectivity index (χ1n) is 9.46. The summed E-state index contributed by atoms with van der Waals surface area (Å²) in [7, 11) is -3.33. The van der Waals surface area contributed by atoms with E-state index in [1.54, 1.807) is 30.3 Å². The molecule has 2 N–H and O–H groups in total. The molecule has 0 atom stereocenters. The predicted molar refractivity (Wildman–Crippen MR) is 119 cm³/mol. The Balaban J connectivity index is 1.69. The van der Waals surface area contributed by atoms with Crippen LogP contribution in [0.25, 0.3) is 22.1 Å². The van der Waals surface area contributed by atoms with Crippen molar-refractivity contribution in [3.63, 3.8) is 0 Å². The summed E-state index contributed by atoms with van der Waals surface area (Å²) < 4.78 is 28.6. The highest BCUT2D eigenvalue weighted by molar-refractivity contribution is 7.90. The molecule has 33 heavy (non-hydrogen) atoms. The molecule has 1 heterocycles. The van der Waals surface area contributed by atoms with E-state index >= 15 is 0 Å². The monoisotopic (exact) mass is 461 g/mol. The number of fused-ring (bicyclic) bond motifs is 1. The van der Waals surface area contributed by atoms with Gasteiger partial charge in [0, 0.05) is 6.26 Å². The van der Waals surface area contributed by atoms with Gasteiger partial charge in [-0.1, -0.05) is 23.4 Å². The van der Waals surface area contributed by atoms with Crippen molar-refractivity contribution in [2.24, 2.45) is 0 Å². The molecule has 0 bridgehead atoms. The number of aromatic nitrogens is 1. The predicted octanol–water partition coefficient (Wildman–Crippen LogP) is 3.72. The number of nitrogens with zero attached hydrogens (tertiary/aromatic N) is 2. The van der Waals surface area contributed by atoms with Crippen LogP contribution in [0.15, 0.2) is 70.1 Å². The van der Waals surface area contributed by atoms with Crippen molar-refractivity contribution in [2.45, 2.75) is 4.90 Å². The molecule has 0 aliphatic carbocycles. The second kappa shape index (κ2) is 8.22. The van der Waals surface area contributed by atoms with Crippen LogP contribution in [0.1, 0.15) is 26.4 Å². The van der Waals surface area contributed by atoms with Gasteiger partial charge in [0.15, 0.2) is 21.1 Å². The van der Waals surface area contributed by atoms with Gasteiger partial charge in [0.25, 0.3) is 5.91 Å². The van der Waals surface area contributed by atoms with E-state index in [9.17, 15) is 23.1 Å². The Bertz CT molecular complexity index is 1560. The van der Waals surface area contributed by atoms with Crippen LogP contribution in [-0.4, -0.2) is 36.8 Å². The zero-order valence-electron chi connectivity index (χ0n) is 17.1. The number of carbonyl (C=O) groups is 2. The van der Waals surface area contributed by atoms with Crippen molar-refractivity contribution in [3.8, 4) is 17.2 Å². The quantitative estimate of drug-likeness (QED) is 0.456. The fourth-order valence-electron chi connectivity index (χ4n) is 3.26. The SMILES string of the molecule is CS(=O)(=O)c1ccc(-c2ccc3onc(C(=O)Nc4ccc(C#N)cc4C(=O)O)c3c2)cc1. The van der Waals surface area contributed by atoms with Crippen LogP contribution in [0.4, 0.5) is 5.69 Å². The number of nitriles is 1. The third-order valence-electron chi connectivity index (χ3n) is 4.93. The Morgan fingerprint density at radius 2 is 1.73 bits per heavy atom. The minimum atomic E-state index is -3.33. The van der Waals surface area contributed by atoms with Gasteiger partial charge in [-0.3, -0.25) is 4.79 Å². The lowest BCUT2D eigenvalue weighted by Crippen LogP contribution is -2.15. The van der Waals surface area contributed by atoms with Crippen LogP contribution in [0, 0.1) is 11.3 Å². The second-order valence-corrected chi connectivity index (χ2v) is 9.19. The largest absolute Gasteiger partial charge is 0.478 e. The average Bonchev–Trinajstić information content (AvgIpc) is 3.22. The number of amides is 1. The lowest BCUT2D eigenvalue weighted by molar-refractivity contribution is 0.0698. The fraction of sp³-hybridized carbons (Fsp3) is 0.0435. The minimum absolute atomic E-state index is 0.00942. The summed E-state index contributed by atoms with van der Waals surface area (Å²) in [6.45, 7) is 0. The third-order valence-corrected chi connectivity index (χ3v) is 6.06. The van der Waals surface area contributed by atoms with Crippen LogP contribution in [0.5, 0.6) is 0 Å². The van der Waals surface area contributed by atoms with E-state index in [0.717, 1.165) is 17.9 Å². The molecule has 9 nitrogen and oxygen atoms in total. The van der Waals surface area contributed by atoms with E-state index in [1.165, 1.54) is 24.3 Å². The van der Waals surface area contributed by atoms with Gasteiger partial charge in [-0.05, 0) is 53.6 Å². The van der Waals surface area contributed by atoms with Crippen LogP contribution >= 0.6 is 0 Å². The molecule has 164 valence electrons. The van der Waals surface area contributed by atoms with E-state index in [0.29, 0.717) is 16.5 Å². The molecule has 0 fully saturated rings. The number of carbonyl (C=O) groups excluding carboxylic acids is 1. The van der Waals surface area contributed by atoms with Crippen LogP contribution < -0.4 is 5.32 Å². The summed E-state index contributed by atoms with van der Waals surface area (Å²) in [6, 6.07) is 17.1. The van der Waals surface area contributed by atoms with Crippen LogP contribution in [-0.2, 0) is 9.84 Å². The molecule has 4 aromatic rings. The Kier molecular flexibility index (Phi) is 5.41. The summed E-state index contributed by atoms with van der Waals surface area (Å²) >= 11 is 0. The third kappa shape index (κ3) is 4.30. The standard InChI is InChI=1S/C23H15N3O6S/c1-33(30,31)16-6-3-14(4-7-16)15-5-9-20-18(11-15)21(26-32-20)22(27)25-19-8-2-13(12-24)10-17(19)23(28)29/h2-11H,1H3,(H,25,27)(H,28,29). The molecule has 1 aromatic heterocycles. The minimum Gasteiger partial charge on any atom is -0.478 e. The first-order valence-corrected chi connectivity index (χ1v) is 11.4. The zero-order chi connectivity index (χ0) is 23.8. The molecule has 0 aliphatic rings. The van der Waals surface area contributed by atoms with Crippen molar-refractivity contribution >= 4 is 38.4 Å². The van der Waals surface area contributed by atoms with Crippen molar-refractivity contribution in [2.75, 3.05) is 11.6 Å². The molecule has 0 saturated heterocycles. The van der Waals surface area contributed by atoms with E-state index in [2.05, 4.69) is 10.5 Å². The van der Waals surface area contributed by atoms with Crippen LogP contribution in [0.3, 0.4) is 0 Å². The molecule has 0 aliphatic heterocycles. The second-order valence-electron chi connectivity index (χ2n) is 7.17. The number of sulfone groups is 1. The van der Waals surface area contributed by atoms with Gasteiger partial charge in [0.05, 0.1) is 33.2 Å². The smallest absolute Gasteiger partial charge is 0.337 e. The number of hydrogen-bond acceptors (Lipinski definition) is 7. The number of nitrogens with one attached hydrogen (secondary N) is 1. The van der Waals surface area contributed by atoms with Crippen molar-refractivity contribution < 1.29 is 27.6 Å². The summed E-state index contributed by atoms with van der Waals surface area (Å²) in [5.74, 6) is -1.99. The van der Waals surface area contributed by atoms with Gasteiger partial charge in [-0.15, -0.1) is 0 Å². The lowest BCUT2D eigenvalue weighted by Gasteiger charge is -2.08. The molecule has 0 unspecified atom stereocenters.